The third-order valence-corrected chi connectivity index (χ3v) is 4.00. The van der Waals surface area contributed by atoms with Crippen LogP contribution in [-0.4, -0.2) is 44.1 Å². The van der Waals surface area contributed by atoms with Gasteiger partial charge in [0.2, 0.25) is 0 Å². The van der Waals surface area contributed by atoms with Crippen LogP contribution in [0.15, 0.2) is 0 Å². The number of carbonyl (C=O) groups is 1. The number of esters is 1. The van der Waals surface area contributed by atoms with Gasteiger partial charge in [0.25, 0.3) is 0 Å². The summed E-state index contributed by atoms with van der Waals surface area (Å²) < 4.78 is 28.2. The van der Waals surface area contributed by atoms with Crippen molar-refractivity contribution in [3.8, 4) is 0 Å². The normalized spacial score (nSPS) is 25.9. The highest BCUT2D eigenvalue weighted by molar-refractivity contribution is 7.92. The molecular weight excluding hydrogens is 218 g/mol. The van der Waals surface area contributed by atoms with Crippen molar-refractivity contribution in [3.05, 3.63) is 0 Å². The van der Waals surface area contributed by atoms with E-state index < -0.39 is 26.7 Å². The monoisotopic (exact) mass is 235 g/mol. The van der Waals surface area contributed by atoms with Gasteiger partial charge >= 0.3 is 5.97 Å². The van der Waals surface area contributed by atoms with E-state index in [9.17, 15) is 13.2 Å². The van der Waals surface area contributed by atoms with E-state index in [0.29, 0.717) is 6.54 Å². The number of rotatable bonds is 1. The highest BCUT2D eigenvalue weighted by Crippen LogP contribution is 2.14. The summed E-state index contributed by atoms with van der Waals surface area (Å²) in [5.74, 6) is -0.661. The third-order valence-electron chi connectivity index (χ3n) is 2.00. The maximum atomic E-state index is 11.6. The summed E-state index contributed by atoms with van der Waals surface area (Å²) in [6.07, 6.45) is 0. The fraction of sp³-hybridized carbons (Fsp3) is 0.889. The van der Waals surface area contributed by atoms with Gasteiger partial charge in [0.15, 0.2) is 15.1 Å². The summed E-state index contributed by atoms with van der Waals surface area (Å²) in [6.45, 7) is 5.70. The van der Waals surface area contributed by atoms with Crippen molar-refractivity contribution in [1.82, 2.24) is 5.32 Å². The van der Waals surface area contributed by atoms with Gasteiger partial charge < -0.3 is 10.1 Å². The second-order valence-corrected chi connectivity index (χ2v) is 6.90. The van der Waals surface area contributed by atoms with Gasteiger partial charge in [-0.15, -0.1) is 0 Å². The van der Waals surface area contributed by atoms with E-state index in [0.717, 1.165) is 0 Å². The Labute approximate surface area is 90.1 Å². The lowest BCUT2D eigenvalue weighted by Crippen LogP contribution is -2.50. The summed E-state index contributed by atoms with van der Waals surface area (Å²) in [7, 11) is -3.33. The van der Waals surface area contributed by atoms with Crippen LogP contribution < -0.4 is 5.32 Å². The van der Waals surface area contributed by atoms with E-state index in [1.807, 2.05) is 0 Å². The summed E-state index contributed by atoms with van der Waals surface area (Å²) >= 11 is 0. The Bertz CT molecular complexity index is 342. The molecule has 0 aromatic carbocycles. The van der Waals surface area contributed by atoms with Gasteiger partial charge in [-0.2, -0.15) is 0 Å². The molecule has 0 spiro atoms. The molecule has 0 aromatic rings. The minimum Gasteiger partial charge on any atom is -0.459 e. The number of nitrogens with one attached hydrogen (secondary N) is 1. The van der Waals surface area contributed by atoms with Gasteiger partial charge in [-0.3, -0.25) is 4.79 Å². The molecule has 1 aliphatic heterocycles. The van der Waals surface area contributed by atoms with Crippen LogP contribution in [0.3, 0.4) is 0 Å². The lowest BCUT2D eigenvalue weighted by Gasteiger charge is -2.26. The van der Waals surface area contributed by atoms with Crippen LogP contribution in [0.5, 0.6) is 0 Å². The van der Waals surface area contributed by atoms with Crippen LogP contribution in [0.25, 0.3) is 0 Å². The molecule has 0 radical (unpaired) electrons. The molecule has 1 aliphatic rings. The van der Waals surface area contributed by atoms with Crippen LogP contribution in [0.2, 0.25) is 0 Å². The average Bonchev–Trinajstić information content (AvgIpc) is 1.99. The summed E-state index contributed by atoms with van der Waals surface area (Å²) in [5, 5.41) is 1.83. The van der Waals surface area contributed by atoms with Crippen molar-refractivity contribution in [2.75, 3.05) is 18.8 Å². The van der Waals surface area contributed by atoms with Gasteiger partial charge in [0.05, 0.1) is 5.75 Å². The fourth-order valence-electron chi connectivity index (χ4n) is 1.31. The first-order valence-corrected chi connectivity index (χ1v) is 6.59. The van der Waals surface area contributed by atoms with Crippen molar-refractivity contribution < 1.29 is 17.9 Å². The molecule has 1 heterocycles. The van der Waals surface area contributed by atoms with E-state index in [1.54, 1.807) is 20.8 Å². The molecule has 0 saturated carbocycles. The smallest absolute Gasteiger partial charge is 0.326 e. The zero-order valence-corrected chi connectivity index (χ0v) is 10.1. The van der Waals surface area contributed by atoms with Crippen LogP contribution in [-0.2, 0) is 19.4 Å². The molecule has 1 fully saturated rings. The van der Waals surface area contributed by atoms with Gasteiger partial charge in [-0.25, -0.2) is 8.42 Å². The van der Waals surface area contributed by atoms with E-state index in [1.165, 1.54) is 0 Å². The first-order chi connectivity index (χ1) is 6.72. The molecule has 0 amide bonds. The molecular formula is C9H17NO4S. The SMILES string of the molecule is CC(C)(C)OC(=O)[C@@H]1CNCCS1(=O)=O. The Hall–Kier alpha value is -0.620. The summed E-state index contributed by atoms with van der Waals surface area (Å²) in [5.41, 5.74) is -0.649. The Morgan fingerprint density at radius 2 is 2.00 bits per heavy atom. The molecule has 5 nitrogen and oxygen atoms in total. The van der Waals surface area contributed by atoms with E-state index >= 15 is 0 Å². The highest BCUT2D eigenvalue weighted by Gasteiger charge is 2.37. The number of ether oxygens (including phenoxy) is 1. The molecule has 88 valence electrons. The number of hydrogen-bond acceptors (Lipinski definition) is 5. The zero-order chi connectivity index (χ0) is 11.7. The second kappa shape index (κ2) is 4.09. The van der Waals surface area contributed by atoms with Crippen LogP contribution in [0.4, 0.5) is 0 Å². The predicted octanol–water partition coefficient (Wildman–Crippen LogP) is -0.285. The van der Waals surface area contributed by atoms with E-state index in [-0.39, 0.29) is 12.3 Å². The first kappa shape index (κ1) is 12.4. The predicted molar refractivity (Wildman–Crippen MR) is 56.3 cm³/mol. The fourth-order valence-corrected chi connectivity index (χ4v) is 2.74. The van der Waals surface area contributed by atoms with Crippen LogP contribution >= 0.6 is 0 Å². The quantitative estimate of drug-likeness (QED) is 0.633. The third kappa shape index (κ3) is 3.46. The maximum absolute atomic E-state index is 11.6. The van der Waals surface area contributed by atoms with Gasteiger partial charge in [0.1, 0.15) is 5.60 Å². The first-order valence-electron chi connectivity index (χ1n) is 4.87. The molecule has 0 aliphatic carbocycles. The average molecular weight is 235 g/mol. The topological polar surface area (TPSA) is 72.5 Å². The van der Waals surface area contributed by atoms with Crippen molar-refractivity contribution >= 4 is 15.8 Å². The van der Waals surface area contributed by atoms with Crippen molar-refractivity contribution in [2.24, 2.45) is 0 Å². The van der Waals surface area contributed by atoms with Crippen molar-refractivity contribution in [3.63, 3.8) is 0 Å². The van der Waals surface area contributed by atoms with E-state index in [4.69, 9.17) is 4.74 Å². The highest BCUT2D eigenvalue weighted by atomic mass is 32.2. The second-order valence-electron chi connectivity index (χ2n) is 4.59. The zero-order valence-electron chi connectivity index (χ0n) is 9.24. The molecule has 1 rings (SSSR count). The van der Waals surface area contributed by atoms with Gasteiger partial charge in [-0.1, -0.05) is 0 Å². The Morgan fingerprint density at radius 3 is 2.47 bits per heavy atom. The molecule has 0 unspecified atom stereocenters. The van der Waals surface area contributed by atoms with Crippen LogP contribution in [0, 0.1) is 0 Å². The molecule has 1 N–H and O–H groups in total. The molecule has 1 saturated heterocycles. The summed E-state index contributed by atoms with van der Waals surface area (Å²) in [4.78, 5) is 11.6. The molecule has 15 heavy (non-hydrogen) atoms. The maximum Gasteiger partial charge on any atom is 0.326 e. The Morgan fingerprint density at radius 1 is 1.40 bits per heavy atom. The summed E-state index contributed by atoms with van der Waals surface area (Å²) in [6, 6.07) is 0. The minimum absolute atomic E-state index is 0.00307. The molecule has 0 aromatic heterocycles. The van der Waals surface area contributed by atoms with Crippen molar-refractivity contribution in [2.45, 2.75) is 31.6 Å². The Balaban J connectivity index is 2.74. The Kier molecular flexibility index (Phi) is 3.40. The number of carbonyl (C=O) groups excluding carboxylic acids is 1. The minimum atomic E-state index is -3.33. The number of sulfone groups is 1. The number of hydrogen-bond donors (Lipinski definition) is 1. The lowest BCUT2D eigenvalue weighted by molar-refractivity contribution is -0.154. The molecule has 1 atom stereocenters. The molecule has 6 heteroatoms. The largest absolute Gasteiger partial charge is 0.459 e. The van der Waals surface area contributed by atoms with Crippen LogP contribution in [0.1, 0.15) is 20.8 Å². The molecule has 0 bridgehead atoms. The lowest BCUT2D eigenvalue weighted by atomic mass is 10.2. The van der Waals surface area contributed by atoms with Gasteiger partial charge in [-0.05, 0) is 20.8 Å². The standard InChI is InChI=1S/C9H17NO4S/c1-9(2,3)14-8(11)7-6-10-4-5-15(7,12)13/h7,10H,4-6H2,1-3H3/t7-/m0/s1. The van der Waals surface area contributed by atoms with Crippen molar-refractivity contribution in [1.29, 1.82) is 0 Å². The van der Waals surface area contributed by atoms with E-state index in [2.05, 4.69) is 5.32 Å². The van der Waals surface area contributed by atoms with Gasteiger partial charge in [0, 0.05) is 13.1 Å².